The number of benzene rings is 2. The number of hydrogen-bond donors (Lipinski definition) is 1. The molecule has 0 fully saturated rings. The van der Waals surface area contributed by atoms with E-state index in [1.165, 1.54) is 10.6 Å². The third-order valence-electron chi connectivity index (χ3n) is 5.29. The van der Waals surface area contributed by atoms with Crippen LogP contribution >= 0.6 is 11.6 Å². The van der Waals surface area contributed by atoms with Crippen LogP contribution in [-0.2, 0) is 12.8 Å². The molecule has 0 saturated carbocycles. The number of aromatic nitrogens is 1. The molecule has 1 heterocycles. The summed E-state index contributed by atoms with van der Waals surface area (Å²) in [6.07, 6.45) is 2.36. The van der Waals surface area contributed by atoms with Gasteiger partial charge in [-0.25, -0.2) is 0 Å². The molecule has 5 nitrogen and oxygen atoms in total. The summed E-state index contributed by atoms with van der Waals surface area (Å²) in [4.78, 5) is 38.6. The summed E-state index contributed by atoms with van der Waals surface area (Å²) in [7, 11) is 0. The van der Waals surface area contributed by atoms with Gasteiger partial charge >= 0.3 is 0 Å². The highest BCUT2D eigenvalue weighted by Gasteiger charge is 2.26. The predicted molar refractivity (Wildman–Crippen MR) is 117 cm³/mol. The number of ketones is 1. The summed E-state index contributed by atoms with van der Waals surface area (Å²) in [6.45, 7) is 0.397. The molecule has 2 aromatic carbocycles. The highest BCUT2D eigenvalue weighted by atomic mass is 35.5. The number of nitrogens with one attached hydrogen (secondary N) is 1. The number of pyridine rings is 1. The van der Waals surface area contributed by atoms with Crippen LogP contribution in [0.3, 0.4) is 0 Å². The number of carbonyl (C=O) groups is 2. The van der Waals surface area contributed by atoms with E-state index in [9.17, 15) is 14.4 Å². The van der Waals surface area contributed by atoms with Crippen molar-refractivity contribution in [1.29, 1.82) is 0 Å². The molecular weight excluding hydrogens is 400 g/mol. The van der Waals surface area contributed by atoms with Gasteiger partial charge in [0, 0.05) is 34.9 Å². The summed E-state index contributed by atoms with van der Waals surface area (Å²) < 4.78 is 1.48. The van der Waals surface area contributed by atoms with Crippen LogP contribution in [0.15, 0.2) is 65.5 Å². The van der Waals surface area contributed by atoms with Crippen molar-refractivity contribution in [2.75, 3.05) is 6.54 Å². The zero-order valence-corrected chi connectivity index (χ0v) is 17.1. The minimum atomic E-state index is -0.472. The Bertz CT molecular complexity index is 1150. The van der Waals surface area contributed by atoms with Crippen LogP contribution in [0.25, 0.3) is 5.69 Å². The van der Waals surface area contributed by atoms with Crippen LogP contribution in [0.1, 0.15) is 44.8 Å². The molecule has 1 aliphatic carbocycles. The summed E-state index contributed by atoms with van der Waals surface area (Å²) >= 11 is 5.99. The first-order chi connectivity index (χ1) is 14.5. The molecule has 3 aromatic rings. The maximum absolute atomic E-state index is 13.3. The van der Waals surface area contributed by atoms with Crippen molar-refractivity contribution in [2.24, 2.45) is 0 Å². The summed E-state index contributed by atoms with van der Waals surface area (Å²) in [5, 5.41) is 3.36. The predicted octanol–water partition coefficient (Wildman–Crippen LogP) is 3.98. The summed E-state index contributed by atoms with van der Waals surface area (Å²) in [6, 6.07) is 18.1. The van der Waals surface area contributed by atoms with Crippen LogP contribution in [0.2, 0.25) is 5.02 Å². The smallest absolute Gasteiger partial charge is 0.268 e. The van der Waals surface area contributed by atoms with E-state index in [1.807, 2.05) is 30.3 Å². The van der Waals surface area contributed by atoms with Crippen molar-refractivity contribution < 1.29 is 9.59 Å². The molecule has 0 saturated heterocycles. The monoisotopic (exact) mass is 420 g/mol. The van der Waals surface area contributed by atoms with E-state index in [0.29, 0.717) is 54.2 Å². The quantitative estimate of drug-likeness (QED) is 0.678. The summed E-state index contributed by atoms with van der Waals surface area (Å²) in [5.74, 6) is -0.517. The SMILES string of the molecule is O=C1CCCc2c1cc(C(=O)NCCc1ccccc1)c(=O)n2-c1ccc(Cl)cc1. The minimum absolute atomic E-state index is 0.0213. The number of halogens is 1. The number of carbonyl (C=O) groups excluding carboxylic acids is 2. The first-order valence-corrected chi connectivity index (χ1v) is 10.3. The number of Topliss-reactive ketones (excluding diaryl/α,β-unsaturated/α-hetero) is 1. The van der Waals surface area contributed by atoms with Crippen molar-refractivity contribution in [3.8, 4) is 5.69 Å². The fraction of sp³-hybridized carbons (Fsp3) is 0.208. The largest absolute Gasteiger partial charge is 0.352 e. The molecule has 0 radical (unpaired) electrons. The Balaban J connectivity index is 1.69. The van der Waals surface area contributed by atoms with Crippen LogP contribution in [0.5, 0.6) is 0 Å². The molecular formula is C24H21ClN2O3. The van der Waals surface area contributed by atoms with E-state index >= 15 is 0 Å². The van der Waals surface area contributed by atoms with Gasteiger partial charge in [-0.15, -0.1) is 0 Å². The number of hydrogen-bond acceptors (Lipinski definition) is 3. The molecule has 1 aromatic heterocycles. The lowest BCUT2D eigenvalue weighted by atomic mass is 9.92. The van der Waals surface area contributed by atoms with Gasteiger partial charge in [0.25, 0.3) is 11.5 Å². The number of fused-ring (bicyclic) bond motifs is 1. The molecule has 1 N–H and O–H groups in total. The minimum Gasteiger partial charge on any atom is -0.352 e. The normalized spacial score (nSPS) is 13.0. The number of nitrogens with zero attached hydrogens (tertiary/aromatic N) is 1. The van der Waals surface area contributed by atoms with Gasteiger partial charge in [0.2, 0.25) is 0 Å². The lowest BCUT2D eigenvalue weighted by Gasteiger charge is -2.21. The van der Waals surface area contributed by atoms with Gasteiger partial charge in [-0.05, 0) is 55.2 Å². The molecule has 0 spiro atoms. The molecule has 1 amide bonds. The highest BCUT2D eigenvalue weighted by Crippen LogP contribution is 2.24. The van der Waals surface area contributed by atoms with Crippen molar-refractivity contribution >= 4 is 23.3 Å². The first-order valence-electron chi connectivity index (χ1n) is 9.95. The topological polar surface area (TPSA) is 68.2 Å². The molecule has 1 aliphatic rings. The standard InChI is InChI=1S/C24H21ClN2O3/c25-17-9-11-18(12-10-17)27-21-7-4-8-22(28)19(21)15-20(24(27)30)23(29)26-14-13-16-5-2-1-3-6-16/h1-3,5-6,9-12,15H,4,7-8,13-14H2,(H,26,29). The molecule has 152 valence electrons. The molecule has 4 rings (SSSR count). The van der Waals surface area contributed by atoms with Crippen LogP contribution < -0.4 is 10.9 Å². The Labute approximate surface area is 179 Å². The van der Waals surface area contributed by atoms with Crippen LogP contribution in [-0.4, -0.2) is 22.8 Å². The van der Waals surface area contributed by atoms with Crippen molar-refractivity contribution in [3.63, 3.8) is 0 Å². The molecule has 0 bridgehead atoms. The van der Waals surface area contributed by atoms with E-state index < -0.39 is 11.5 Å². The Morgan fingerprint density at radius 3 is 2.47 bits per heavy atom. The average Bonchev–Trinajstić information content (AvgIpc) is 2.75. The zero-order chi connectivity index (χ0) is 21.1. The average molecular weight is 421 g/mol. The second kappa shape index (κ2) is 8.67. The van der Waals surface area contributed by atoms with E-state index in [-0.39, 0.29) is 11.3 Å². The zero-order valence-electron chi connectivity index (χ0n) is 16.4. The van der Waals surface area contributed by atoms with Gasteiger partial charge in [0.1, 0.15) is 5.56 Å². The van der Waals surface area contributed by atoms with Crippen molar-refractivity contribution in [2.45, 2.75) is 25.7 Å². The van der Waals surface area contributed by atoms with Gasteiger partial charge in [0.15, 0.2) is 5.78 Å². The second-order valence-corrected chi connectivity index (χ2v) is 7.74. The van der Waals surface area contributed by atoms with Gasteiger partial charge < -0.3 is 5.32 Å². The Hall–Kier alpha value is -3.18. The molecule has 0 atom stereocenters. The van der Waals surface area contributed by atoms with E-state index in [2.05, 4.69) is 5.32 Å². The maximum Gasteiger partial charge on any atom is 0.268 e. The van der Waals surface area contributed by atoms with Crippen molar-refractivity contribution in [3.05, 3.63) is 98.4 Å². The number of amides is 1. The maximum atomic E-state index is 13.3. The van der Waals surface area contributed by atoms with Gasteiger partial charge in [-0.1, -0.05) is 41.9 Å². The molecule has 0 unspecified atom stereocenters. The van der Waals surface area contributed by atoms with E-state index in [1.54, 1.807) is 24.3 Å². The van der Waals surface area contributed by atoms with Crippen LogP contribution in [0, 0.1) is 0 Å². The van der Waals surface area contributed by atoms with Crippen LogP contribution in [0.4, 0.5) is 0 Å². The fourth-order valence-corrected chi connectivity index (χ4v) is 3.90. The molecule has 30 heavy (non-hydrogen) atoms. The molecule has 0 aliphatic heterocycles. The highest BCUT2D eigenvalue weighted by molar-refractivity contribution is 6.30. The third kappa shape index (κ3) is 4.07. The Kier molecular flexibility index (Phi) is 5.81. The Morgan fingerprint density at radius 2 is 1.73 bits per heavy atom. The lowest BCUT2D eigenvalue weighted by Crippen LogP contribution is -2.36. The third-order valence-corrected chi connectivity index (χ3v) is 5.54. The first kappa shape index (κ1) is 20.1. The van der Waals surface area contributed by atoms with E-state index in [0.717, 1.165) is 5.56 Å². The fourth-order valence-electron chi connectivity index (χ4n) is 3.78. The lowest BCUT2D eigenvalue weighted by molar-refractivity contribution is 0.0952. The molecule has 6 heteroatoms. The Morgan fingerprint density at radius 1 is 1.00 bits per heavy atom. The second-order valence-electron chi connectivity index (χ2n) is 7.30. The van der Waals surface area contributed by atoms with Crippen molar-refractivity contribution in [1.82, 2.24) is 9.88 Å². The van der Waals surface area contributed by atoms with Gasteiger partial charge in [-0.2, -0.15) is 0 Å². The van der Waals surface area contributed by atoms with E-state index in [4.69, 9.17) is 11.6 Å². The number of rotatable bonds is 5. The summed E-state index contributed by atoms with van der Waals surface area (Å²) in [5.41, 5.74) is 2.34. The van der Waals surface area contributed by atoms with Gasteiger partial charge in [0.05, 0.1) is 0 Å². The van der Waals surface area contributed by atoms with Gasteiger partial charge in [-0.3, -0.25) is 19.0 Å².